The minimum atomic E-state index is -0.0415. The number of carbonyl (C=O) groups excluding carboxylic acids is 1. The number of urea groups is 1. The summed E-state index contributed by atoms with van der Waals surface area (Å²) < 4.78 is 5.75. The van der Waals surface area contributed by atoms with Crippen LogP contribution < -0.4 is 10.6 Å². The molecule has 1 aromatic heterocycles. The fraction of sp³-hybridized carbons (Fsp3) is 0.688. The third-order valence-corrected chi connectivity index (χ3v) is 6.81. The van der Waals surface area contributed by atoms with Crippen LogP contribution in [0.5, 0.6) is 0 Å². The lowest BCUT2D eigenvalue weighted by atomic mass is 9.57. The van der Waals surface area contributed by atoms with E-state index in [9.17, 15) is 4.79 Å². The molecule has 2 heterocycles. The van der Waals surface area contributed by atoms with Gasteiger partial charge in [-0.2, -0.15) is 11.8 Å². The summed E-state index contributed by atoms with van der Waals surface area (Å²) in [6, 6.07) is 4.42. The fourth-order valence-electron chi connectivity index (χ4n) is 3.61. The van der Waals surface area contributed by atoms with Gasteiger partial charge in [-0.1, -0.05) is 19.9 Å². The average Bonchev–Trinajstić information content (AvgIpc) is 3.14. The van der Waals surface area contributed by atoms with Crippen LogP contribution in [0.15, 0.2) is 17.5 Å². The summed E-state index contributed by atoms with van der Waals surface area (Å²) in [5.74, 6) is 2.46. The van der Waals surface area contributed by atoms with Crippen molar-refractivity contribution in [2.24, 2.45) is 11.3 Å². The number of hydrogen-bond acceptors (Lipinski definition) is 4. The van der Waals surface area contributed by atoms with Crippen molar-refractivity contribution in [1.82, 2.24) is 10.6 Å². The van der Waals surface area contributed by atoms with E-state index in [0.717, 1.165) is 24.5 Å². The number of nitrogens with one attached hydrogen (secondary N) is 2. The van der Waals surface area contributed by atoms with Crippen LogP contribution in [0.3, 0.4) is 0 Å². The maximum Gasteiger partial charge on any atom is 0.315 e. The number of amides is 2. The van der Waals surface area contributed by atoms with Crippen LogP contribution in [-0.4, -0.2) is 37.1 Å². The summed E-state index contributed by atoms with van der Waals surface area (Å²) in [5.41, 5.74) is 0.0480. The Morgan fingerprint density at radius 2 is 2.41 bits per heavy atom. The van der Waals surface area contributed by atoms with Crippen LogP contribution in [-0.2, 0) is 10.5 Å². The van der Waals surface area contributed by atoms with E-state index in [1.807, 2.05) is 11.8 Å². The molecule has 1 aliphatic carbocycles. The number of ether oxygens (including phenoxy) is 1. The molecule has 2 N–H and O–H groups in total. The van der Waals surface area contributed by atoms with Gasteiger partial charge in [-0.05, 0) is 17.9 Å². The molecule has 122 valence electrons. The van der Waals surface area contributed by atoms with Crippen molar-refractivity contribution >= 4 is 29.1 Å². The quantitative estimate of drug-likeness (QED) is 0.783. The SMILES string of the molecule is CC1(C)C(NC(=O)NCCSCc2cccs2)C2CCOC21. The van der Waals surface area contributed by atoms with Crippen molar-refractivity contribution in [3.05, 3.63) is 22.4 Å². The molecule has 2 fully saturated rings. The van der Waals surface area contributed by atoms with Gasteiger partial charge in [0.15, 0.2) is 0 Å². The van der Waals surface area contributed by atoms with Gasteiger partial charge >= 0.3 is 6.03 Å². The lowest BCUT2D eigenvalue weighted by molar-refractivity contribution is -0.108. The first kappa shape index (κ1) is 16.1. The molecule has 0 spiro atoms. The highest BCUT2D eigenvalue weighted by Gasteiger charge is 2.59. The molecule has 0 aromatic carbocycles. The van der Waals surface area contributed by atoms with E-state index in [0.29, 0.717) is 18.6 Å². The molecule has 1 saturated carbocycles. The van der Waals surface area contributed by atoms with Crippen LogP contribution >= 0.6 is 23.1 Å². The van der Waals surface area contributed by atoms with Crippen LogP contribution in [0, 0.1) is 11.3 Å². The Morgan fingerprint density at radius 3 is 3.18 bits per heavy atom. The molecule has 1 aliphatic heterocycles. The average molecular weight is 341 g/mol. The van der Waals surface area contributed by atoms with Gasteiger partial charge in [0, 0.05) is 46.9 Å². The van der Waals surface area contributed by atoms with Crippen LogP contribution in [0.25, 0.3) is 0 Å². The maximum atomic E-state index is 12.0. The van der Waals surface area contributed by atoms with Gasteiger partial charge in [-0.25, -0.2) is 4.79 Å². The van der Waals surface area contributed by atoms with E-state index in [-0.39, 0.29) is 17.5 Å². The Balaban J connectivity index is 1.33. The first-order valence-corrected chi connectivity index (χ1v) is 9.88. The standard InChI is InChI=1S/C16H24N2O2S2/c1-16(2)13(12-5-7-20-14(12)16)18-15(19)17-6-9-21-10-11-4-3-8-22-11/h3-4,8,12-14H,5-7,9-10H2,1-2H3,(H2,17,18,19). The molecule has 3 atom stereocenters. The predicted octanol–water partition coefficient (Wildman–Crippen LogP) is 3.09. The molecule has 0 bridgehead atoms. The summed E-state index contributed by atoms with van der Waals surface area (Å²) in [6.07, 6.45) is 1.38. The second kappa shape index (κ2) is 6.81. The lowest BCUT2D eigenvalue weighted by Crippen LogP contribution is -2.67. The lowest BCUT2D eigenvalue weighted by Gasteiger charge is -2.54. The predicted molar refractivity (Wildman–Crippen MR) is 92.4 cm³/mol. The van der Waals surface area contributed by atoms with Gasteiger partial charge in [-0.15, -0.1) is 11.3 Å². The number of hydrogen-bond donors (Lipinski definition) is 2. The van der Waals surface area contributed by atoms with Gasteiger partial charge < -0.3 is 15.4 Å². The molecule has 1 saturated heterocycles. The van der Waals surface area contributed by atoms with Gasteiger partial charge in [0.2, 0.25) is 0 Å². The second-order valence-corrected chi connectivity index (χ2v) is 8.71. The molecule has 2 amide bonds. The first-order valence-electron chi connectivity index (χ1n) is 7.85. The van der Waals surface area contributed by atoms with E-state index >= 15 is 0 Å². The molecule has 3 unspecified atom stereocenters. The molecular formula is C16H24N2O2S2. The number of thiophene rings is 1. The third kappa shape index (κ3) is 3.29. The van der Waals surface area contributed by atoms with E-state index in [1.165, 1.54) is 4.88 Å². The van der Waals surface area contributed by atoms with Crippen molar-refractivity contribution < 1.29 is 9.53 Å². The molecular weight excluding hydrogens is 316 g/mol. The van der Waals surface area contributed by atoms with Gasteiger partial charge in [0.25, 0.3) is 0 Å². The zero-order valence-electron chi connectivity index (χ0n) is 13.1. The van der Waals surface area contributed by atoms with Gasteiger partial charge in [0.05, 0.1) is 6.10 Å². The van der Waals surface area contributed by atoms with Crippen molar-refractivity contribution in [3.63, 3.8) is 0 Å². The summed E-state index contributed by atoms with van der Waals surface area (Å²) in [5, 5.41) is 8.22. The van der Waals surface area contributed by atoms with Gasteiger partial charge in [0.1, 0.15) is 0 Å². The van der Waals surface area contributed by atoms with Crippen LogP contribution in [0.1, 0.15) is 25.1 Å². The first-order chi connectivity index (χ1) is 10.6. The third-order valence-electron chi connectivity index (χ3n) is 4.74. The molecule has 3 rings (SSSR count). The van der Waals surface area contributed by atoms with Crippen LogP contribution in [0.4, 0.5) is 4.79 Å². The summed E-state index contributed by atoms with van der Waals surface area (Å²) in [4.78, 5) is 13.4. The smallest absolute Gasteiger partial charge is 0.315 e. The van der Waals surface area contributed by atoms with Crippen molar-refractivity contribution in [2.45, 2.75) is 38.2 Å². The highest BCUT2D eigenvalue weighted by Crippen LogP contribution is 2.51. The van der Waals surface area contributed by atoms with Crippen molar-refractivity contribution in [1.29, 1.82) is 0 Å². The molecule has 1 aromatic rings. The van der Waals surface area contributed by atoms with E-state index in [2.05, 4.69) is 42.0 Å². The maximum absolute atomic E-state index is 12.0. The highest BCUT2D eigenvalue weighted by atomic mass is 32.2. The largest absolute Gasteiger partial charge is 0.377 e. The number of carbonyl (C=O) groups is 1. The van der Waals surface area contributed by atoms with Gasteiger partial charge in [-0.3, -0.25) is 0 Å². The summed E-state index contributed by atoms with van der Waals surface area (Å²) >= 11 is 3.64. The highest BCUT2D eigenvalue weighted by molar-refractivity contribution is 7.98. The topological polar surface area (TPSA) is 50.4 Å². The minimum absolute atomic E-state index is 0.0415. The molecule has 2 aliphatic rings. The Morgan fingerprint density at radius 1 is 1.55 bits per heavy atom. The minimum Gasteiger partial charge on any atom is -0.377 e. The Kier molecular flexibility index (Phi) is 5.00. The molecule has 0 radical (unpaired) electrons. The zero-order valence-corrected chi connectivity index (χ0v) is 14.8. The summed E-state index contributed by atoms with van der Waals surface area (Å²) in [6.45, 7) is 5.90. The van der Waals surface area contributed by atoms with E-state index in [1.54, 1.807) is 11.3 Å². The normalized spacial score (nSPS) is 28.7. The van der Waals surface area contributed by atoms with E-state index < -0.39 is 0 Å². The number of fused-ring (bicyclic) bond motifs is 1. The van der Waals surface area contributed by atoms with Crippen molar-refractivity contribution in [2.75, 3.05) is 18.9 Å². The summed E-state index contributed by atoms with van der Waals surface area (Å²) in [7, 11) is 0. The van der Waals surface area contributed by atoms with Crippen LogP contribution in [0.2, 0.25) is 0 Å². The second-order valence-electron chi connectivity index (χ2n) is 6.58. The Hall–Kier alpha value is -0.720. The number of rotatable bonds is 6. The molecule has 4 nitrogen and oxygen atoms in total. The number of thioether (sulfide) groups is 1. The fourth-order valence-corrected chi connectivity index (χ4v) is 5.31. The molecule has 22 heavy (non-hydrogen) atoms. The molecule has 6 heteroatoms. The van der Waals surface area contributed by atoms with E-state index in [4.69, 9.17) is 4.74 Å². The Labute approximate surface area is 140 Å². The van der Waals surface area contributed by atoms with Crippen molar-refractivity contribution in [3.8, 4) is 0 Å². The zero-order chi connectivity index (χ0) is 15.6. The monoisotopic (exact) mass is 340 g/mol. The Bertz CT molecular complexity index is 504.